The zero-order chi connectivity index (χ0) is 24.6. The van der Waals surface area contributed by atoms with E-state index in [0.29, 0.717) is 22.9 Å². The number of anilines is 2. The fourth-order valence-electron chi connectivity index (χ4n) is 5.62. The molecule has 11 heteroatoms. The highest BCUT2D eigenvalue weighted by molar-refractivity contribution is 7.23. The molecule has 182 valence electrons. The molecule has 2 N–H and O–H groups in total. The fourth-order valence-corrected chi connectivity index (χ4v) is 6.54. The zero-order valence-electron chi connectivity index (χ0n) is 19.2. The normalized spacial score (nSPS) is 19.7. The van der Waals surface area contributed by atoms with Crippen LogP contribution in [0, 0.1) is 23.0 Å². The minimum atomic E-state index is -0.601. The van der Waals surface area contributed by atoms with Crippen molar-refractivity contribution >= 4 is 43.3 Å². The van der Waals surface area contributed by atoms with Gasteiger partial charge in [0, 0.05) is 41.7 Å². The van der Waals surface area contributed by atoms with Gasteiger partial charge in [-0.05, 0) is 37.1 Å². The summed E-state index contributed by atoms with van der Waals surface area (Å²) in [4.78, 5) is 18.1. The number of hydrogen-bond donors (Lipinski definition) is 1. The van der Waals surface area contributed by atoms with Gasteiger partial charge in [-0.3, -0.25) is 9.88 Å². The Balaban J connectivity index is 1.42. The molecule has 1 atom stereocenters. The maximum atomic E-state index is 16.4. The number of thiophene rings is 1. The molecule has 0 spiro atoms. The van der Waals surface area contributed by atoms with Crippen LogP contribution in [-0.4, -0.2) is 52.1 Å². The number of nitrogens with zero attached hydrogens (tertiary/aromatic N) is 6. The molecule has 3 aliphatic rings. The Bertz CT molecular complexity index is 1610. The predicted molar refractivity (Wildman–Crippen MR) is 132 cm³/mol. The van der Waals surface area contributed by atoms with Gasteiger partial charge in [-0.2, -0.15) is 5.26 Å². The molecule has 3 aliphatic heterocycles. The number of ether oxygens (including phenoxy) is 1. The number of nitrogens with two attached hydrogens (primary N) is 1. The summed E-state index contributed by atoms with van der Waals surface area (Å²) in [7, 11) is 0. The molecule has 0 amide bonds. The third-order valence-electron chi connectivity index (χ3n) is 7.59. The molecule has 36 heavy (non-hydrogen) atoms. The Kier molecular flexibility index (Phi) is 4.86. The van der Waals surface area contributed by atoms with Crippen LogP contribution in [-0.2, 0) is 18.0 Å². The Labute approximate surface area is 208 Å². The monoisotopic (exact) mass is 505 g/mol. The quantitative estimate of drug-likeness (QED) is 0.446. The van der Waals surface area contributed by atoms with E-state index < -0.39 is 11.6 Å². The van der Waals surface area contributed by atoms with Crippen molar-refractivity contribution in [1.29, 1.82) is 5.26 Å². The molecule has 6 heterocycles. The van der Waals surface area contributed by atoms with E-state index in [0.717, 1.165) is 55.7 Å². The molecular weight excluding hydrogens is 484 g/mol. The number of hydrogen-bond acceptors (Lipinski definition) is 9. The summed E-state index contributed by atoms with van der Waals surface area (Å²) in [6.07, 6.45) is 4.98. The van der Waals surface area contributed by atoms with Crippen LogP contribution < -0.4 is 10.6 Å². The van der Waals surface area contributed by atoms with E-state index in [1.807, 2.05) is 6.07 Å². The van der Waals surface area contributed by atoms with Crippen molar-refractivity contribution in [2.45, 2.75) is 32.1 Å². The second kappa shape index (κ2) is 8.03. The number of aromatic nitrogens is 3. The number of rotatable bonds is 3. The molecule has 1 unspecified atom stereocenters. The first-order chi connectivity index (χ1) is 17.5. The molecule has 0 aliphatic carbocycles. The van der Waals surface area contributed by atoms with Crippen molar-refractivity contribution in [2.75, 3.05) is 36.8 Å². The van der Waals surface area contributed by atoms with Gasteiger partial charge in [0.15, 0.2) is 11.6 Å². The molecule has 2 saturated heterocycles. The van der Waals surface area contributed by atoms with E-state index >= 15 is 4.39 Å². The van der Waals surface area contributed by atoms with Gasteiger partial charge < -0.3 is 15.4 Å². The maximum Gasteiger partial charge on any atom is 0.226 e. The summed E-state index contributed by atoms with van der Waals surface area (Å²) in [5.41, 5.74) is 8.04. The van der Waals surface area contributed by atoms with E-state index in [9.17, 15) is 9.65 Å². The summed E-state index contributed by atoms with van der Waals surface area (Å²) in [5, 5.41) is 10.7. The van der Waals surface area contributed by atoms with Gasteiger partial charge in [-0.1, -0.05) is 0 Å². The first-order valence-corrected chi connectivity index (χ1v) is 12.7. The summed E-state index contributed by atoms with van der Waals surface area (Å²) >= 11 is 0.960. The number of likely N-dealkylation sites (tertiary alicyclic amines) is 1. The first kappa shape index (κ1) is 21.8. The highest BCUT2D eigenvalue weighted by Crippen LogP contribution is 2.45. The van der Waals surface area contributed by atoms with Crippen LogP contribution in [0.25, 0.3) is 32.2 Å². The third-order valence-corrected chi connectivity index (χ3v) is 8.61. The van der Waals surface area contributed by atoms with Crippen LogP contribution in [0.15, 0.2) is 12.4 Å². The molecule has 0 saturated carbocycles. The molecule has 8 nitrogen and oxygen atoms in total. The van der Waals surface area contributed by atoms with E-state index in [2.05, 4.69) is 24.8 Å². The lowest BCUT2D eigenvalue weighted by atomic mass is 9.94. The highest BCUT2D eigenvalue weighted by atomic mass is 32.1. The van der Waals surface area contributed by atoms with Crippen LogP contribution in [0.5, 0.6) is 0 Å². The van der Waals surface area contributed by atoms with E-state index in [-0.39, 0.29) is 50.6 Å². The van der Waals surface area contributed by atoms with E-state index in [1.54, 1.807) is 6.20 Å². The van der Waals surface area contributed by atoms with Gasteiger partial charge in [-0.25, -0.2) is 18.7 Å². The molecule has 0 bridgehead atoms. The van der Waals surface area contributed by atoms with Crippen molar-refractivity contribution in [3.8, 4) is 17.3 Å². The first-order valence-electron chi connectivity index (χ1n) is 11.9. The minimum absolute atomic E-state index is 0.0987. The lowest BCUT2D eigenvalue weighted by Gasteiger charge is -2.36. The zero-order valence-corrected chi connectivity index (χ0v) is 20.0. The topological polar surface area (TPSA) is 104 Å². The third kappa shape index (κ3) is 3.05. The molecule has 2 fully saturated rings. The van der Waals surface area contributed by atoms with Gasteiger partial charge in [0.05, 0.1) is 35.4 Å². The average Bonchev–Trinajstić information content (AvgIpc) is 3.58. The molecule has 3 aromatic heterocycles. The summed E-state index contributed by atoms with van der Waals surface area (Å²) < 4.78 is 36.9. The van der Waals surface area contributed by atoms with E-state index in [4.69, 9.17) is 10.5 Å². The Morgan fingerprint density at radius 3 is 2.75 bits per heavy atom. The number of fused-ring (bicyclic) bond motifs is 4. The van der Waals surface area contributed by atoms with Crippen molar-refractivity contribution in [2.24, 2.45) is 0 Å². The van der Waals surface area contributed by atoms with Gasteiger partial charge in [0.2, 0.25) is 5.95 Å². The second-order valence-electron chi connectivity index (χ2n) is 9.46. The van der Waals surface area contributed by atoms with Crippen LogP contribution in [0.3, 0.4) is 0 Å². The van der Waals surface area contributed by atoms with Crippen molar-refractivity contribution in [1.82, 2.24) is 19.9 Å². The maximum absolute atomic E-state index is 16.4. The Morgan fingerprint density at radius 1 is 1.14 bits per heavy atom. The largest absolute Gasteiger partial charge is 0.389 e. The van der Waals surface area contributed by atoms with Crippen molar-refractivity contribution in [3.05, 3.63) is 40.7 Å². The molecule has 4 aromatic rings. The minimum Gasteiger partial charge on any atom is -0.389 e. The number of benzene rings is 1. The van der Waals surface area contributed by atoms with Gasteiger partial charge in [0.25, 0.3) is 0 Å². The second-order valence-corrected chi connectivity index (χ2v) is 10.5. The number of nitrogen functional groups attached to an aromatic ring is 1. The van der Waals surface area contributed by atoms with Crippen LogP contribution in [0.4, 0.5) is 19.7 Å². The fraction of sp³-hybridized carbons (Fsp3) is 0.360. The van der Waals surface area contributed by atoms with Crippen LogP contribution >= 0.6 is 11.3 Å². The van der Waals surface area contributed by atoms with Gasteiger partial charge in [0.1, 0.15) is 16.6 Å². The summed E-state index contributed by atoms with van der Waals surface area (Å²) in [6, 6.07) is 2.51. The number of nitriles is 1. The van der Waals surface area contributed by atoms with E-state index in [1.165, 1.54) is 6.42 Å². The van der Waals surface area contributed by atoms with Gasteiger partial charge in [-0.15, -0.1) is 11.3 Å². The highest BCUT2D eigenvalue weighted by Gasteiger charge is 2.33. The molecule has 7 rings (SSSR count). The molecule has 0 radical (unpaired) electrons. The Hall–Kier alpha value is -3.46. The lowest BCUT2D eigenvalue weighted by Crippen LogP contribution is -2.46. The number of pyridine rings is 1. The summed E-state index contributed by atoms with van der Waals surface area (Å²) in [6.45, 7) is 4.33. The molecular formula is C25H21F2N7OS. The number of halogens is 2. The predicted octanol–water partition coefficient (Wildman–Crippen LogP) is 3.95. The van der Waals surface area contributed by atoms with Crippen molar-refractivity contribution in [3.63, 3.8) is 0 Å². The van der Waals surface area contributed by atoms with Crippen LogP contribution in [0.2, 0.25) is 0 Å². The standard InChI is InChI=1S/C25H21F2N7OS/c26-17-8-30-22(19-13(6-28)24(29)36-23(17)19)18-16-11-35-10-15(16)14-7-31-25(32-21(14)20(18)27)34-5-2-12(9-34)33-3-1-4-33/h7-8,12H,1-5,9-11,29H2. The molecule has 1 aromatic carbocycles. The average molecular weight is 506 g/mol. The SMILES string of the molecule is N#Cc1c(N)sc2c(F)cnc(-c3c4c(c5cnc(N6CCC(N7CCC7)C6)nc5c3F)COC4)c12. The Morgan fingerprint density at radius 2 is 1.97 bits per heavy atom. The summed E-state index contributed by atoms with van der Waals surface area (Å²) in [5.74, 6) is -0.689. The van der Waals surface area contributed by atoms with Gasteiger partial charge >= 0.3 is 0 Å². The van der Waals surface area contributed by atoms with Crippen LogP contribution in [0.1, 0.15) is 29.5 Å². The lowest BCUT2D eigenvalue weighted by molar-refractivity contribution is 0.129. The smallest absolute Gasteiger partial charge is 0.226 e. The van der Waals surface area contributed by atoms with Crippen molar-refractivity contribution < 1.29 is 13.5 Å².